The second-order valence-electron chi connectivity index (χ2n) is 4.75. The lowest BCUT2D eigenvalue weighted by atomic mass is 9.91. The highest BCUT2D eigenvalue weighted by Crippen LogP contribution is 2.23. The van der Waals surface area contributed by atoms with E-state index in [0.29, 0.717) is 5.54 Å². The van der Waals surface area contributed by atoms with Crippen molar-refractivity contribution in [2.45, 2.75) is 38.6 Å². The zero-order chi connectivity index (χ0) is 10.0. The highest BCUT2D eigenvalue weighted by Gasteiger charge is 2.27. The second kappa shape index (κ2) is 3.74. The van der Waals surface area contributed by atoms with Crippen molar-refractivity contribution in [1.82, 2.24) is 5.32 Å². The van der Waals surface area contributed by atoms with Gasteiger partial charge < -0.3 is 5.32 Å². The SMILES string of the molecule is Cc1ccc(C[C@@]2(C)CCCN2)cc1. The van der Waals surface area contributed by atoms with E-state index in [0.717, 1.165) is 6.42 Å². The molecule has 1 saturated heterocycles. The molecular weight excluding hydrogens is 170 g/mol. The lowest BCUT2D eigenvalue weighted by Gasteiger charge is -2.24. The zero-order valence-electron chi connectivity index (χ0n) is 9.14. The first-order valence-electron chi connectivity index (χ1n) is 5.49. The van der Waals surface area contributed by atoms with Crippen molar-refractivity contribution in [2.24, 2.45) is 0 Å². The van der Waals surface area contributed by atoms with E-state index < -0.39 is 0 Å². The van der Waals surface area contributed by atoms with Crippen LogP contribution in [0.3, 0.4) is 0 Å². The van der Waals surface area contributed by atoms with Gasteiger partial charge in [0.25, 0.3) is 0 Å². The first-order valence-corrected chi connectivity index (χ1v) is 5.49. The molecule has 0 saturated carbocycles. The lowest BCUT2D eigenvalue weighted by molar-refractivity contribution is 0.412. The quantitative estimate of drug-likeness (QED) is 0.754. The van der Waals surface area contributed by atoms with Crippen LogP contribution in [-0.2, 0) is 6.42 Å². The van der Waals surface area contributed by atoms with Crippen molar-refractivity contribution >= 4 is 0 Å². The number of benzene rings is 1. The molecule has 1 heteroatoms. The Balaban J connectivity index is 2.06. The Bertz CT molecular complexity index is 294. The molecule has 1 aromatic rings. The normalized spacial score (nSPS) is 26.7. The van der Waals surface area contributed by atoms with Crippen molar-refractivity contribution in [2.75, 3.05) is 6.54 Å². The van der Waals surface area contributed by atoms with E-state index in [2.05, 4.69) is 43.4 Å². The topological polar surface area (TPSA) is 12.0 Å². The summed E-state index contributed by atoms with van der Waals surface area (Å²) in [6.45, 7) is 5.65. The molecule has 0 aromatic heterocycles. The molecule has 0 aliphatic carbocycles. The van der Waals surface area contributed by atoms with Crippen LogP contribution in [0.15, 0.2) is 24.3 Å². The molecule has 0 unspecified atom stereocenters. The van der Waals surface area contributed by atoms with E-state index in [9.17, 15) is 0 Å². The van der Waals surface area contributed by atoms with Gasteiger partial charge in [0.05, 0.1) is 0 Å². The fraction of sp³-hybridized carbons (Fsp3) is 0.538. The number of hydrogen-bond donors (Lipinski definition) is 1. The first-order chi connectivity index (χ1) is 6.68. The first kappa shape index (κ1) is 9.72. The molecule has 14 heavy (non-hydrogen) atoms. The van der Waals surface area contributed by atoms with E-state index in [1.807, 2.05) is 0 Å². The van der Waals surface area contributed by atoms with Gasteiger partial charge in [0.2, 0.25) is 0 Å². The summed E-state index contributed by atoms with van der Waals surface area (Å²) in [4.78, 5) is 0. The Hall–Kier alpha value is -0.820. The van der Waals surface area contributed by atoms with Gasteiger partial charge in [0.15, 0.2) is 0 Å². The summed E-state index contributed by atoms with van der Waals surface area (Å²) >= 11 is 0. The molecule has 1 heterocycles. The fourth-order valence-corrected chi connectivity index (χ4v) is 2.26. The number of aryl methyl sites for hydroxylation is 1. The van der Waals surface area contributed by atoms with Crippen molar-refractivity contribution in [3.8, 4) is 0 Å². The largest absolute Gasteiger partial charge is 0.311 e. The summed E-state index contributed by atoms with van der Waals surface area (Å²) in [7, 11) is 0. The van der Waals surface area contributed by atoms with Crippen molar-refractivity contribution < 1.29 is 0 Å². The summed E-state index contributed by atoms with van der Waals surface area (Å²) in [5.41, 5.74) is 3.14. The molecule has 1 aliphatic heterocycles. The monoisotopic (exact) mass is 189 g/mol. The number of nitrogens with one attached hydrogen (secondary N) is 1. The minimum Gasteiger partial charge on any atom is -0.311 e. The van der Waals surface area contributed by atoms with E-state index in [-0.39, 0.29) is 0 Å². The lowest BCUT2D eigenvalue weighted by Crippen LogP contribution is -2.38. The van der Waals surface area contributed by atoms with Crippen LogP contribution in [-0.4, -0.2) is 12.1 Å². The summed E-state index contributed by atoms with van der Waals surface area (Å²) in [5.74, 6) is 0. The van der Waals surface area contributed by atoms with E-state index >= 15 is 0 Å². The molecule has 1 aromatic carbocycles. The Morgan fingerprint density at radius 3 is 2.57 bits per heavy atom. The van der Waals surface area contributed by atoms with Crippen LogP contribution in [0.4, 0.5) is 0 Å². The third kappa shape index (κ3) is 2.16. The molecule has 1 aliphatic rings. The van der Waals surface area contributed by atoms with Gasteiger partial charge in [0, 0.05) is 5.54 Å². The van der Waals surface area contributed by atoms with Gasteiger partial charge in [0.1, 0.15) is 0 Å². The molecule has 0 amide bonds. The van der Waals surface area contributed by atoms with Crippen LogP contribution >= 0.6 is 0 Å². The molecule has 76 valence electrons. The van der Waals surface area contributed by atoms with Crippen LogP contribution in [0, 0.1) is 6.92 Å². The molecule has 1 atom stereocenters. The van der Waals surface area contributed by atoms with E-state index in [4.69, 9.17) is 0 Å². The number of rotatable bonds is 2. The maximum atomic E-state index is 3.60. The van der Waals surface area contributed by atoms with Gasteiger partial charge in [-0.2, -0.15) is 0 Å². The molecule has 1 N–H and O–H groups in total. The highest BCUT2D eigenvalue weighted by atomic mass is 15.0. The Labute approximate surface area is 86.5 Å². The summed E-state index contributed by atoms with van der Waals surface area (Å²) in [6, 6.07) is 8.91. The summed E-state index contributed by atoms with van der Waals surface area (Å²) in [6.07, 6.45) is 3.79. The van der Waals surface area contributed by atoms with Crippen LogP contribution in [0.1, 0.15) is 30.9 Å². The van der Waals surface area contributed by atoms with E-state index in [1.54, 1.807) is 0 Å². The predicted octanol–water partition coefficient (Wildman–Crippen LogP) is 2.68. The Kier molecular flexibility index (Phi) is 2.60. The Morgan fingerprint density at radius 1 is 1.29 bits per heavy atom. The van der Waals surface area contributed by atoms with Crippen molar-refractivity contribution in [3.63, 3.8) is 0 Å². The molecule has 0 radical (unpaired) electrons. The molecule has 2 rings (SSSR count). The maximum Gasteiger partial charge on any atom is 0.0194 e. The van der Waals surface area contributed by atoms with Crippen molar-refractivity contribution in [1.29, 1.82) is 0 Å². The third-order valence-electron chi connectivity index (χ3n) is 3.17. The molecule has 1 fully saturated rings. The van der Waals surface area contributed by atoms with Crippen LogP contribution in [0.25, 0.3) is 0 Å². The molecule has 0 spiro atoms. The van der Waals surface area contributed by atoms with Gasteiger partial charge in [-0.3, -0.25) is 0 Å². The summed E-state index contributed by atoms with van der Waals surface area (Å²) < 4.78 is 0. The van der Waals surface area contributed by atoms with Gasteiger partial charge in [-0.1, -0.05) is 29.8 Å². The number of hydrogen-bond acceptors (Lipinski definition) is 1. The van der Waals surface area contributed by atoms with Crippen LogP contribution in [0.2, 0.25) is 0 Å². The third-order valence-corrected chi connectivity index (χ3v) is 3.17. The van der Waals surface area contributed by atoms with Gasteiger partial charge >= 0.3 is 0 Å². The van der Waals surface area contributed by atoms with Crippen molar-refractivity contribution in [3.05, 3.63) is 35.4 Å². The zero-order valence-corrected chi connectivity index (χ0v) is 9.14. The smallest absolute Gasteiger partial charge is 0.0194 e. The predicted molar refractivity (Wildman–Crippen MR) is 60.5 cm³/mol. The van der Waals surface area contributed by atoms with Gasteiger partial charge in [-0.15, -0.1) is 0 Å². The highest BCUT2D eigenvalue weighted by molar-refractivity contribution is 5.23. The minimum absolute atomic E-state index is 0.343. The molecule has 1 nitrogen and oxygen atoms in total. The average molecular weight is 189 g/mol. The Morgan fingerprint density at radius 2 is 2.00 bits per heavy atom. The molecule has 0 bridgehead atoms. The maximum absolute atomic E-state index is 3.60. The van der Waals surface area contributed by atoms with Gasteiger partial charge in [-0.25, -0.2) is 0 Å². The average Bonchev–Trinajstić information content (AvgIpc) is 2.57. The fourth-order valence-electron chi connectivity index (χ4n) is 2.26. The van der Waals surface area contributed by atoms with E-state index in [1.165, 1.54) is 30.5 Å². The second-order valence-corrected chi connectivity index (χ2v) is 4.75. The summed E-state index contributed by atoms with van der Waals surface area (Å²) in [5, 5.41) is 3.60. The van der Waals surface area contributed by atoms with Gasteiger partial charge in [-0.05, 0) is 45.2 Å². The minimum atomic E-state index is 0.343. The molecular formula is C13H19N. The van der Waals surface area contributed by atoms with Crippen LogP contribution in [0.5, 0.6) is 0 Å². The van der Waals surface area contributed by atoms with Crippen LogP contribution < -0.4 is 5.32 Å². The standard InChI is InChI=1S/C13H19N/c1-11-4-6-12(7-5-11)10-13(2)8-3-9-14-13/h4-7,14H,3,8-10H2,1-2H3/t13-/m1/s1.